The third kappa shape index (κ3) is 1.60. The van der Waals surface area contributed by atoms with Crippen molar-refractivity contribution in [1.82, 2.24) is 9.97 Å². The van der Waals surface area contributed by atoms with Gasteiger partial charge in [-0.3, -0.25) is 0 Å². The quantitative estimate of drug-likeness (QED) is 0.878. The summed E-state index contributed by atoms with van der Waals surface area (Å²) in [5.74, 6) is 0.477. The van der Waals surface area contributed by atoms with Crippen molar-refractivity contribution in [3.05, 3.63) is 41.6 Å². The second kappa shape index (κ2) is 3.67. The van der Waals surface area contributed by atoms with Crippen LogP contribution in [-0.4, -0.2) is 9.97 Å². The van der Waals surface area contributed by atoms with Gasteiger partial charge in [-0.2, -0.15) is 5.26 Å². The average Bonchev–Trinajstić information content (AvgIpc) is 3.08. The van der Waals surface area contributed by atoms with Crippen molar-refractivity contribution in [2.45, 2.75) is 25.2 Å². The van der Waals surface area contributed by atoms with Crippen molar-refractivity contribution >= 4 is 0 Å². The summed E-state index contributed by atoms with van der Waals surface area (Å²) in [7, 11) is 0. The summed E-state index contributed by atoms with van der Waals surface area (Å²) in [5, 5.41) is 9.16. The molecule has 1 aromatic carbocycles. The first-order valence-corrected chi connectivity index (χ1v) is 5.89. The standard InChI is InChI=1S/C14H12FN3/c1-9-12(10-2-4-11(15)5-3-10)18-13(17-9)14(8-16)6-7-14/h2-5H,6-7H2,1H3,(H,17,18). The summed E-state index contributed by atoms with van der Waals surface area (Å²) >= 11 is 0. The monoisotopic (exact) mass is 241 g/mol. The Bertz CT molecular complexity index is 630. The predicted molar refractivity (Wildman–Crippen MR) is 65.2 cm³/mol. The summed E-state index contributed by atoms with van der Waals surface area (Å²) in [6, 6.07) is 8.56. The van der Waals surface area contributed by atoms with E-state index in [4.69, 9.17) is 5.26 Å². The maximum atomic E-state index is 12.9. The van der Waals surface area contributed by atoms with Gasteiger partial charge in [0.25, 0.3) is 0 Å². The highest BCUT2D eigenvalue weighted by molar-refractivity contribution is 5.62. The van der Waals surface area contributed by atoms with Crippen LogP contribution in [0.15, 0.2) is 24.3 Å². The number of hydrogen-bond donors (Lipinski definition) is 1. The van der Waals surface area contributed by atoms with Crippen molar-refractivity contribution in [2.75, 3.05) is 0 Å². The molecule has 1 aromatic heterocycles. The zero-order valence-corrected chi connectivity index (χ0v) is 10.00. The van der Waals surface area contributed by atoms with Gasteiger partial charge in [0.15, 0.2) is 0 Å². The summed E-state index contributed by atoms with van der Waals surface area (Å²) in [6.45, 7) is 1.92. The zero-order valence-electron chi connectivity index (χ0n) is 10.00. The third-order valence-corrected chi connectivity index (χ3v) is 3.42. The molecule has 90 valence electrons. The number of aromatic nitrogens is 2. The molecule has 18 heavy (non-hydrogen) atoms. The van der Waals surface area contributed by atoms with E-state index in [0.717, 1.165) is 35.6 Å². The van der Waals surface area contributed by atoms with Gasteiger partial charge < -0.3 is 4.98 Å². The fraction of sp³-hybridized carbons (Fsp3) is 0.286. The van der Waals surface area contributed by atoms with Crippen LogP contribution in [0, 0.1) is 24.1 Å². The lowest BCUT2D eigenvalue weighted by Gasteiger charge is -1.99. The number of nitrogens with one attached hydrogen (secondary N) is 1. The Morgan fingerprint density at radius 1 is 1.33 bits per heavy atom. The summed E-state index contributed by atoms with van der Waals surface area (Å²) in [6.07, 6.45) is 1.72. The van der Waals surface area contributed by atoms with Gasteiger partial charge in [-0.05, 0) is 44.0 Å². The van der Waals surface area contributed by atoms with Crippen LogP contribution in [0.3, 0.4) is 0 Å². The molecule has 0 aliphatic heterocycles. The maximum absolute atomic E-state index is 12.9. The Labute approximate surface area is 104 Å². The first-order valence-electron chi connectivity index (χ1n) is 5.89. The number of hydrogen-bond acceptors (Lipinski definition) is 2. The van der Waals surface area contributed by atoms with Crippen LogP contribution in [0.4, 0.5) is 4.39 Å². The highest BCUT2D eigenvalue weighted by Gasteiger charge is 2.48. The molecule has 4 heteroatoms. The van der Waals surface area contributed by atoms with E-state index in [1.54, 1.807) is 12.1 Å². The van der Waals surface area contributed by atoms with Gasteiger partial charge in [0.05, 0.1) is 11.8 Å². The number of aryl methyl sites for hydroxylation is 1. The molecular weight excluding hydrogens is 229 g/mol. The Hall–Kier alpha value is -2.15. The van der Waals surface area contributed by atoms with E-state index in [-0.39, 0.29) is 5.82 Å². The molecule has 0 unspecified atom stereocenters. The van der Waals surface area contributed by atoms with Gasteiger partial charge in [-0.25, -0.2) is 9.37 Å². The third-order valence-electron chi connectivity index (χ3n) is 3.42. The van der Waals surface area contributed by atoms with E-state index in [1.165, 1.54) is 12.1 Å². The minimum Gasteiger partial charge on any atom is -0.344 e. The van der Waals surface area contributed by atoms with Crippen LogP contribution < -0.4 is 0 Å². The molecule has 1 aliphatic carbocycles. The fourth-order valence-electron chi connectivity index (χ4n) is 2.10. The number of aromatic amines is 1. The van der Waals surface area contributed by atoms with Crippen molar-refractivity contribution in [1.29, 1.82) is 5.26 Å². The van der Waals surface area contributed by atoms with Gasteiger partial charge in [-0.15, -0.1) is 0 Å². The molecule has 1 N–H and O–H groups in total. The zero-order chi connectivity index (χ0) is 12.8. The lowest BCUT2D eigenvalue weighted by molar-refractivity contribution is 0.628. The van der Waals surface area contributed by atoms with Crippen LogP contribution in [0.2, 0.25) is 0 Å². The van der Waals surface area contributed by atoms with Gasteiger partial charge in [0, 0.05) is 11.3 Å². The van der Waals surface area contributed by atoms with Crippen molar-refractivity contribution in [3.63, 3.8) is 0 Å². The Morgan fingerprint density at radius 2 is 2.00 bits per heavy atom. The molecule has 0 radical (unpaired) electrons. The molecule has 3 rings (SSSR count). The molecule has 0 amide bonds. The molecule has 0 spiro atoms. The van der Waals surface area contributed by atoms with E-state index in [1.807, 2.05) is 6.92 Å². The predicted octanol–water partition coefficient (Wildman–Crippen LogP) is 3.08. The molecule has 0 saturated heterocycles. The second-order valence-corrected chi connectivity index (χ2v) is 4.76. The van der Waals surface area contributed by atoms with E-state index >= 15 is 0 Å². The molecule has 1 fully saturated rings. The Balaban J connectivity index is 2.04. The number of nitrogens with zero attached hydrogens (tertiary/aromatic N) is 2. The smallest absolute Gasteiger partial charge is 0.127 e. The SMILES string of the molecule is Cc1[nH]c(C2(C#N)CC2)nc1-c1ccc(F)cc1. The van der Waals surface area contributed by atoms with Crippen LogP contribution >= 0.6 is 0 Å². The largest absolute Gasteiger partial charge is 0.344 e. The molecule has 1 saturated carbocycles. The molecule has 1 heterocycles. The maximum Gasteiger partial charge on any atom is 0.127 e. The molecular formula is C14H12FN3. The highest BCUT2D eigenvalue weighted by atomic mass is 19.1. The fourth-order valence-corrected chi connectivity index (χ4v) is 2.10. The van der Waals surface area contributed by atoms with Crippen molar-refractivity contribution < 1.29 is 4.39 Å². The lowest BCUT2D eigenvalue weighted by atomic mass is 10.1. The Kier molecular flexibility index (Phi) is 2.24. The van der Waals surface area contributed by atoms with E-state index < -0.39 is 5.41 Å². The molecule has 0 bridgehead atoms. The normalized spacial score (nSPS) is 16.3. The van der Waals surface area contributed by atoms with Crippen molar-refractivity contribution in [2.24, 2.45) is 0 Å². The number of imidazole rings is 1. The molecule has 1 aliphatic rings. The average molecular weight is 241 g/mol. The summed E-state index contributed by atoms with van der Waals surface area (Å²) in [4.78, 5) is 7.70. The van der Waals surface area contributed by atoms with Crippen LogP contribution in [0.25, 0.3) is 11.3 Å². The lowest BCUT2D eigenvalue weighted by Crippen LogP contribution is -2.04. The number of nitriles is 1. The van der Waals surface area contributed by atoms with Gasteiger partial charge in [-0.1, -0.05) is 0 Å². The van der Waals surface area contributed by atoms with Crippen LogP contribution in [-0.2, 0) is 5.41 Å². The molecule has 0 atom stereocenters. The first-order chi connectivity index (χ1) is 8.64. The van der Waals surface area contributed by atoms with E-state index in [0.29, 0.717) is 0 Å². The minimum absolute atomic E-state index is 0.261. The number of benzene rings is 1. The van der Waals surface area contributed by atoms with E-state index in [2.05, 4.69) is 16.0 Å². The van der Waals surface area contributed by atoms with Gasteiger partial charge in [0.1, 0.15) is 17.1 Å². The highest BCUT2D eigenvalue weighted by Crippen LogP contribution is 2.46. The Morgan fingerprint density at radius 3 is 2.56 bits per heavy atom. The summed E-state index contributed by atoms with van der Waals surface area (Å²) in [5.41, 5.74) is 2.16. The number of H-pyrrole nitrogens is 1. The van der Waals surface area contributed by atoms with Crippen molar-refractivity contribution in [3.8, 4) is 17.3 Å². The number of rotatable bonds is 2. The van der Waals surface area contributed by atoms with Crippen LogP contribution in [0.1, 0.15) is 24.4 Å². The van der Waals surface area contributed by atoms with Crippen LogP contribution in [0.5, 0.6) is 0 Å². The molecule has 2 aromatic rings. The topological polar surface area (TPSA) is 52.5 Å². The van der Waals surface area contributed by atoms with Gasteiger partial charge >= 0.3 is 0 Å². The minimum atomic E-state index is -0.414. The summed E-state index contributed by atoms with van der Waals surface area (Å²) < 4.78 is 12.9. The molecule has 3 nitrogen and oxygen atoms in total. The first kappa shape index (κ1) is 11.0. The van der Waals surface area contributed by atoms with E-state index in [9.17, 15) is 4.39 Å². The van der Waals surface area contributed by atoms with Gasteiger partial charge in [0.2, 0.25) is 0 Å². The number of halogens is 1. The second-order valence-electron chi connectivity index (χ2n) is 4.76.